The predicted molar refractivity (Wildman–Crippen MR) is 138 cm³/mol. The summed E-state index contributed by atoms with van der Waals surface area (Å²) in [4.78, 5) is 14.2. The fraction of sp³-hybridized carbons (Fsp3) is 0.346. The zero-order chi connectivity index (χ0) is 24.4. The van der Waals surface area contributed by atoms with Gasteiger partial charge in [0.2, 0.25) is 5.95 Å². The lowest BCUT2D eigenvalue weighted by Crippen LogP contribution is -2.48. The lowest BCUT2D eigenvalue weighted by atomic mass is 10.0. The van der Waals surface area contributed by atoms with Gasteiger partial charge in [0.05, 0.1) is 21.5 Å². The number of aliphatic hydroxyl groups is 3. The van der Waals surface area contributed by atoms with Crippen LogP contribution >= 0.6 is 11.3 Å². The number of anilines is 2. The fourth-order valence-electron chi connectivity index (χ4n) is 4.57. The van der Waals surface area contributed by atoms with Gasteiger partial charge in [-0.05, 0) is 43.9 Å². The van der Waals surface area contributed by atoms with Gasteiger partial charge in [-0.25, -0.2) is 9.97 Å². The van der Waals surface area contributed by atoms with Gasteiger partial charge in [0.1, 0.15) is 16.9 Å². The molecule has 0 bridgehead atoms. The molecule has 5 N–H and O–H groups in total. The predicted octanol–water partition coefficient (Wildman–Crippen LogP) is 3.58. The number of nitrogens with one attached hydrogen (secondary N) is 2. The molecule has 5 rings (SSSR count). The summed E-state index contributed by atoms with van der Waals surface area (Å²) >= 11 is 1.53. The highest BCUT2D eigenvalue weighted by Gasteiger charge is 2.47. The Morgan fingerprint density at radius 2 is 1.83 bits per heavy atom. The van der Waals surface area contributed by atoms with Gasteiger partial charge in [0, 0.05) is 19.1 Å². The number of benzene rings is 2. The Balaban J connectivity index is 1.49. The average Bonchev–Trinajstić information content (AvgIpc) is 3.40. The molecule has 3 unspecified atom stereocenters. The highest BCUT2D eigenvalue weighted by Crippen LogP contribution is 2.40. The number of fused-ring (bicyclic) bond motifs is 1. The van der Waals surface area contributed by atoms with E-state index in [9.17, 15) is 15.3 Å². The molecule has 182 valence electrons. The van der Waals surface area contributed by atoms with Crippen LogP contribution in [0.1, 0.15) is 24.1 Å². The molecule has 2 aromatic carbocycles. The summed E-state index contributed by atoms with van der Waals surface area (Å²) in [5.41, 5.74) is 1.87. The molecule has 0 amide bonds. The van der Waals surface area contributed by atoms with Crippen LogP contribution in [0.5, 0.6) is 0 Å². The maximum Gasteiger partial charge on any atom is 0.224 e. The van der Waals surface area contributed by atoms with Crippen molar-refractivity contribution in [2.75, 3.05) is 23.8 Å². The number of thiazole rings is 1. The Kier molecular flexibility index (Phi) is 6.66. The smallest absolute Gasteiger partial charge is 0.224 e. The van der Waals surface area contributed by atoms with Crippen LogP contribution in [0.25, 0.3) is 20.8 Å². The van der Waals surface area contributed by atoms with Crippen molar-refractivity contribution in [3.05, 3.63) is 65.9 Å². The molecule has 1 saturated carbocycles. The first-order valence-electron chi connectivity index (χ1n) is 11.8. The Hall–Kier alpha value is -3.11. The molecule has 2 aromatic heterocycles. The Morgan fingerprint density at radius 3 is 2.57 bits per heavy atom. The van der Waals surface area contributed by atoms with E-state index >= 15 is 0 Å². The molecule has 9 heteroatoms. The van der Waals surface area contributed by atoms with E-state index in [2.05, 4.69) is 27.8 Å². The van der Waals surface area contributed by atoms with Crippen molar-refractivity contribution < 1.29 is 15.3 Å². The molecule has 0 saturated heterocycles. The summed E-state index contributed by atoms with van der Waals surface area (Å²) in [6.45, 7) is 2.34. The van der Waals surface area contributed by atoms with Crippen LogP contribution in [0.4, 0.5) is 11.8 Å². The van der Waals surface area contributed by atoms with E-state index in [1.807, 2.05) is 49.4 Å². The van der Waals surface area contributed by atoms with Crippen LogP contribution in [-0.4, -0.2) is 55.3 Å². The number of nitrogens with zero attached hydrogens (tertiary/aromatic N) is 3. The number of aliphatic hydroxyl groups excluding tert-OH is 2. The standard InChI is InChI=1S/C26H29N5O3S/c1-16-21(24-29-19-9-5-6-10-20(19)35-24)23(31-26(34)13-11-18(15-32)22(26)33)30-25(28-16)27-14-12-17-7-3-2-4-8-17/h2-10,18,22,32-34H,11-15H2,1H3,(H2,27,28,30,31). The SMILES string of the molecule is Cc1nc(NCCc2ccccc2)nc(NC2(O)CCC(CO)C2O)c1-c1nc2ccccc2s1. The van der Waals surface area contributed by atoms with Crippen molar-refractivity contribution in [3.63, 3.8) is 0 Å². The number of aryl methyl sites for hydroxylation is 1. The van der Waals surface area contributed by atoms with Crippen LogP contribution in [-0.2, 0) is 6.42 Å². The topological polar surface area (TPSA) is 123 Å². The van der Waals surface area contributed by atoms with Gasteiger partial charge >= 0.3 is 0 Å². The van der Waals surface area contributed by atoms with Crippen LogP contribution in [0.2, 0.25) is 0 Å². The van der Waals surface area contributed by atoms with Crippen molar-refractivity contribution >= 4 is 33.3 Å². The van der Waals surface area contributed by atoms with E-state index in [0.29, 0.717) is 42.4 Å². The number of hydrogen-bond acceptors (Lipinski definition) is 9. The highest BCUT2D eigenvalue weighted by molar-refractivity contribution is 7.21. The van der Waals surface area contributed by atoms with E-state index in [4.69, 9.17) is 9.97 Å². The third-order valence-electron chi connectivity index (χ3n) is 6.54. The Labute approximate surface area is 207 Å². The van der Waals surface area contributed by atoms with Gasteiger partial charge in [0.15, 0.2) is 5.72 Å². The first kappa shape index (κ1) is 23.6. The van der Waals surface area contributed by atoms with Crippen molar-refractivity contribution in [2.45, 2.75) is 38.0 Å². The van der Waals surface area contributed by atoms with Gasteiger partial charge in [-0.2, -0.15) is 4.98 Å². The van der Waals surface area contributed by atoms with Gasteiger partial charge in [-0.1, -0.05) is 42.5 Å². The van der Waals surface area contributed by atoms with Crippen LogP contribution in [0.15, 0.2) is 54.6 Å². The quantitative estimate of drug-likeness (QED) is 0.237. The molecule has 0 radical (unpaired) electrons. The Bertz CT molecular complexity index is 1280. The first-order chi connectivity index (χ1) is 17.0. The summed E-state index contributed by atoms with van der Waals surface area (Å²) in [5, 5.41) is 38.7. The molecule has 1 aliphatic rings. The number of para-hydroxylation sites is 1. The van der Waals surface area contributed by atoms with E-state index < -0.39 is 17.7 Å². The largest absolute Gasteiger partial charge is 0.396 e. The Morgan fingerprint density at radius 1 is 1.06 bits per heavy atom. The normalized spacial score (nSPS) is 21.9. The lowest BCUT2D eigenvalue weighted by Gasteiger charge is -2.31. The second-order valence-electron chi connectivity index (χ2n) is 8.98. The molecule has 0 aliphatic heterocycles. The summed E-state index contributed by atoms with van der Waals surface area (Å²) in [6.07, 6.45) is 0.481. The summed E-state index contributed by atoms with van der Waals surface area (Å²) in [7, 11) is 0. The number of hydrogen-bond donors (Lipinski definition) is 5. The first-order valence-corrected chi connectivity index (χ1v) is 12.6. The zero-order valence-corrected chi connectivity index (χ0v) is 20.3. The van der Waals surface area contributed by atoms with Gasteiger partial charge in [-0.3, -0.25) is 0 Å². The minimum atomic E-state index is -1.61. The van der Waals surface area contributed by atoms with E-state index in [-0.39, 0.29) is 6.61 Å². The molecule has 1 fully saturated rings. The highest BCUT2D eigenvalue weighted by atomic mass is 32.1. The van der Waals surface area contributed by atoms with E-state index in [0.717, 1.165) is 21.6 Å². The lowest BCUT2D eigenvalue weighted by molar-refractivity contribution is -0.0545. The van der Waals surface area contributed by atoms with Crippen molar-refractivity contribution in [1.82, 2.24) is 15.0 Å². The molecule has 2 heterocycles. The maximum atomic E-state index is 11.3. The minimum Gasteiger partial charge on any atom is -0.396 e. The second-order valence-corrected chi connectivity index (χ2v) is 10.0. The molecule has 0 spiro atoms. The van der Waals surface area contributed by atoms with Crippen molar-refractivity contribution in [1.29, 1.82) is 0 Å². The monoisotopic (exact) mass is 491 g/mol. The third-order valence-corrected chi connectivity index (χ3v) is 7.59. The van der Waals surface area contributed by atoms with Gasteiger partial charge in [-0.15, -0.1) is 11.3 Å². The third kappa shape index (κ3) is 4.85. The molecule has 3 atom stereocenters. The summed E-state index contributed by atoms with van der Waals surface area (Å²) in [5.74, 6) is 0.435. The van der Waals surface area contributed by atoms with E-state index in [1.54, 1.807) is 0 Å². The van der Waals surface area contributed by atoms with Crippen LogP contribution < -0.4 is 10.6 Å². The zero-order valence-electron chi connectivity index (χ0n) is 19.5. The van der Waals surface area contributed by atoms with Gasteiger partial charge < -0.3 is 26.0 Å². The minimum absolute atomic E-state index is 0.190. The van der Waals surface area contributed by atoms with Crippen LogP contribution in [0, 0.1) is 12.8 Å². The second kappa shape index (κ2) is 9.87. The fourth-order valence-corrected chi connectivity index (χ4v) is 5.64. The molecule has 4 aromatic rings. The van der Waals surface area contributed by atoms with E-state index in [1.165, 1.54) is 16.9 Å². The maximum absolute atomic E-state index is 11.3. The van der Waals surface area contributed by atoms with Gasteiger partial charge in [0.25, 0.3) is 0 Å². The van der Waals surface area contributed by atoms with Crippen LogP contribution in [0.3, 0.4) is 0 Å². The average molecular weight is 492 g/mol. The molecular weight excluding hydrogens is 462 g/mol. The summed E-state index contributed by atoms with van der Waals surface area (Å²) in [6, 6.07) is 18.1. The molecule has 35 heavy (non-hydrogen) atoms. The van der Waals surface area contributed by atoms with Crippen molar-refractivity contribution in [3.8, 4) is 10.6 Å². The molecule has 1 aliphatic carbocycles. The number of rotatable bonds is 8. The van der Waals surface area contributed by atoms with Crippen molar-refractivity contribution in [2.24, 2.45) is 5.92 Å². The summed E-state index contributed by atoms with van der Waals surface area (Å²) < 4.78 is 1.04. The number of aromatic nitrogens is 3. The molecule has 8 nitrogen and oxygen atoms in total. The molecular formula is C26H29N5O3S.